The molecule has 0 aliphatic rings. The Balaban J connectivity index is 1.94. The first-order valence-electron chi connectivity index (χ1n) is 7.09. The highest BCUT2D eigenvalue weighted by Gasteiger charge is 2.13. The molecule has 122 valence electrons. The van der Waals surface area contributed by atoms with Crippen molar-refractivity contribution in [1.82, 2.24) is 14.9 Å². The topological polar surface area (TPSA) is 81.3 Å². The summed E-state index contributed by atoms with van der Waals surface area (Å²) in [4.78, 5) is 22.3. The zero-order valence-electron chi connectivity index (χ0n) is 13.4. The highest BCUT2D eigenvalue weighted by Crippen LogP contribution is 2.20. The Labute approximate surface area is 140 Å². The second kappa shape index (κ2) is 7.82. The number of hydrogen-bond donors (Lipinski definition) is 1. The maximum atomic E-state index is 12.3. The maximum absolute atomic E-state index is 12.3. The number of aryl methyl sites for hydroxylation is 1. The van der Waals surface area contributed by atoms with E-state index < -0.39 is 0 Å². The summed E-state index contributed by atoms with van der Waals surface area (Å²) >= 11 is 1.28. The molecule has 0 aliphatic heterocycles. The highest BCUT2D eigenvalue weighted by molar-refractivity contribution is 7.99. The van der Waals surface area contributed by atoms with Gasteiger partial charge in [-0.3, -0.25) is 4.79 Å². The van der Waals surface area contributed by atoms with Crippen molar-refractivity contribution < 1.29 is 9.53 Å². The first kappa shape index (κ1) is 17.1. The Hall–Kier alpha value is -2.28. The molecular weight excluding hydrogens is 312 g/mol. The molecule has 23 heavy (non-hydrogen) atoms. The lowest BCUT2D eigenvalue weighted by Gasteiger charge is -2.18. The molecule has 1 heterocycles. The molecule has 0 bridgehead atoms. The van der Waals surface area contributed by atoms with Crippen LogP contribution in [0, 0.1) is 6.92 Å². The van der Waals surface area contributed by atoms with Gasteiger partial charge in [-0.2, -0.15) is 0 Å². The van der Waals surface area contributed by atoms with Gasteiger partial charge in [-0.15, -0.1) is 0 Å². The van der Waals surface area contributed by atoms with Gasteiger partial charge in [0.2, 0.25) is 5.91 Å². The van der Waals surface area contributed by atoms with Crippen molar-refractivity contribution in [2.75, 3.05) is 25.6 Å². The van der Waals surface area contributed by atoms with E-state index >= 15 is 0 Å². The average Bonchev–Trinajstić information content (AvgIpc) is 2.52. The molecule has 7 heteroatoms. The number of para-hydroxylation sites is 1. The Bertz CT molecular complexity index is 673. The van der Waals surface area contributed by atoms with Gasteiger partial charge in [0.05, 0.1) is 12.9 Å². The minimum Gasteiger partial charge on any atom is -0.496 e. The van der Waals surface area contributed by atoms with Crippen LogP contribution in [0.15, 0.2) is 35.5 Å². The predicted octanol–water partition coefficient (Wildman–Crippen LogP) is 2.13. The molecule has 0 unspecified atom stereocenters. The number of thioether (sulfide) groups is 1. The zero-order valence-corrected chi connectivity index (χ0v) is 14.3. The van der Waals surface area contributed by atoms with E-state index in [2.05, 4.69) is 9.97 Å². The smallest absolute Gasteiger partial charge is 0.233 e. The summed E-state index contributed by atoms with van der Waals surface area (Å²) in [5.41, 5.74) is 7.44. The van der Waals surface area contributed by atoms with E-state index in [0.717, 1.165) is 17.0 Å². The van der Waals surface area contributed by atoms with Crippen LogP contribution >= 0.6 is 11.8 Å². The number of anilines is 1. The number of benzene rings is 1. The number of nitrogens with zero attached hydrogens (tertiary/aromatic N) is 3. The van der Waals surface area contributed by atoms with E-state index in [1.54, 1.807) is 25.1 Å². The molecule has 1 amide bonds. The third kappa shape index (κ3) is 4.85. The minimum absolute atomic E-state index is 0.00964. The molecule has 2 N–H and O–H groups in total. The van der Waals surface area contributed by atoms with Gasteiger partial charge in [-0.05, 0) is 13.0 Å². The lowest BCUT2D eigenvalue weighted by atomic mass is 10.2. The van der Waals surface area contributed by atoms with E-state index in [-0.39, 0.29) is 11.7 Å². The number of methoxy groups -OCH3 is 1. The molecule has 1 aromatic carbocycles. The molecule has 0 atom stereocenters. The number of carbonyl (C=O) groups excluding carboxylic acids is 1. The monoisotopic (exact) mass is 332 g/mol. The SMILES string of the molecule is COc1ccccc1CN(C)C(=O)CSc1nc(C)cc(N)n1. The lowest BCUT2D eigenvalue weighted by Crippen LogP contribution is -2.28. The van der Waals surface area contributed by atoms with E-state index in [1.165, 1.54) is 11.8 Å². The van der Waals surface area contributed by atoms with Crippen LogP contribution in [0.25, 0.3) is 0 Å². The van der Waals surface area contributed by atoms with Crippen LogP contribution in [0.4, 0.5) is 5.82 Å². The molecule has 1 aromatic heterocycles. The predicted molar refractivity (Wildman–Crippen MR) is 91.4 cm³/mol. The fourth-order valence-electron chi connectivity index (χ4n) is 2.04. The normalized spacial score (nSPS) is 10.4. The first-order valence-corrected chi connectivity index (χ1v) is 8.08. The van der Waals surface area contributed by atoms with E-state index in [4.69, 9.17) is 10.5 Å². The summed E-state index contributed by atoms with van der Waals surface area (Å²) in [6, 6.07) is 9.35. The molecule has 2 aromatic rings. The highest BCUT2D eigenvalue weighted by atomic mass is 32.2. The van der Waals surface area contributed by atoms with Crippen LogP contribution in [-0.2, 0) is 11.3 Å². The number of ether oxygens (including phenoxy) is 1. The molecule has 0 saturated heterocycles. The second-order valence-corrected chi connectivity index (χ2v) is 6.01. The van der Waals surface area contributed by atoms with Crippen LogP contribution in [-0.4, -0.2) is 40.7 Å². The second-order valence-electron chi connectivity index (χ2n) is 5.07. The Kier molecular flexibility index (Phi) is 5.81. The fourth-order valence-corrected chi connectivity index (χ4v) is 2.89. The molecule has 0 aliphatic carbocycles. The van der Waals surface area contributed by atoms with Crippen LogP contribution < -0.4 is 10.5 Å². The van der Waals surface area contributed by atoms with Crippen LogP contribution in [0.3, 0.4) is 0 Å². The van der Waals surface area contributed by atoms with Crippen molar-refractivity contribution >= 4 is 23.5 Å². The van der Waals surface area contributed by atoms with Crippen LogP contribution in [0.5, 0.6) is 5.75 Å². The summed E-state index contributed by atoms with van der Waals surface area (Å²) in [6.45, 7) is 2.33. The number of nitrogen functional groups attached to an aromatic ring is 1. The van der Waals surface area contributed by atoms with Gasteiger partial charge in [0.15, 0.2) is 5.16 Å². The summed E-state index contributed by atoms with van der Waals surface area (Å²) < 4.78 is 5.30. The Morgan fingerprint density at radius 1 is 1.35 bits per heavy atom. The van der Waals surface area contributed by atoms with Gasteiger partial charge in [0.1, 0.15) is 11.6 Å². The van der Waals surface area contributed by atoms with Crippen molar-refractivity contribution in [2.24, 2.45) is 0 Å². The van der Waals surface area contributed by atoms with Crippen LogP contribution in [0.2, 0.25) is 0 Å². The van der Waals surface area contributed by atoms with Gasteiger partial charge < -0.3 is 15.4 Å². The van der Waals surface area contributed by atoms with Gasteiger partial charge in [-0.1, -0.05) is 30.0 Å². The molecule has 0 radical (unpaired) electrons. The summed E-state index contributed by atoms with van der Waals surface area (Å²) in [5.74, 6) is 1.43. The number of carbonyl (C=O) groups is 1. The quantitative estimate of drug-likeness (QED) is 0.645. The number of amides is 1. The van der Waals surface area contributed by atoms with E-state index in [1.807, 2.05) is 31.2 Å². The van der Waals surface area contributed by atoms with E-state index in [9.17, 15) is 4.79 Å². The maximum Gasteiger partial charge on any atom is 0.233 e. The van der Waals surface area contributed by atoms with Gasteiger partial charge in [-0.25, -0.2) is 9.97 Å². The Morgan fingerprint density at radius 3 is 2.78 bits per heavy atom. The molecular formula is C16H20N4O2S. The molecule has 6 nitrogen and oxygen atoms in total. The Morgan fingerprint density at radius 2 is 2.09 bits per heavy atom. The molecule has 0 saturated carbocycles. The van der Waals surface area contributed by atoms with Gasteiger partial charge in [0, 0.05) is 30.9 Å². The zero-order chi connectivity index (χ0) is 16.8. The number of nitrogens with two attached hydrogens (primary N) is 1. The van der Waals surface area contributed by atoms with Crippen molar-refractivity contribution in [1.29, 1.82) is 0 Å². The third-order valence-electron chi connectivity index (χ3n) is 3.20. The van der Waals surface area contributed by atoms with Crippen LogP contribution in [0.1, 0.15) is 11.3 Å². The van der Waals surface area contributed by atoms with Gasteiger partial charge >= 0.3 is 0 Å². The standard InChI is InChI=1S/C16H20N4O2S/c1-11-8-14(17)19-16(18-11)23-10-15(21)20(2)9-12-6-4-5-7-13(12)22-3/h4-8H,9-10H2,1-3H3,(H2,17,18,19). The largest absolute Gasteiger partial charge is 0.496 e. The summed E-state index contributed by atoms with van der Waals surface area (Å²) in [7, 11) is 3.39. The minimum atomic E-state index is -0.00964. The summed E-state index contributed by atoms with van der Waals surface area (Å²) in [5, 5.41) is 0.515. The van der Waals surface area contributed by atoms with Crippen molar-refractivity contribution in [3.05, 3.63) is 41.6 Å². The summed E-state index contributed by atoms with van der Waals surface area (Å²) in [6.07, 6.45) is 0. The fraction of sp³-hybridized carbons (Fsp3) is 0.312. The first-order chi connectivity index (χ1) is 11.0. The molecule has 0 fully saturated rings. The third-order valence-corrected chi connectivity index (χ3v) is 4.04. The van der Waals surface area contributed by atoms with E-state index in [0.29, 0.717) is 17.5 Å². The molecule has 2 rings (SSSR count). The van der Waals surface area contributed by atoms with Crippen molar-refractivity contribution in [3.63, 3.8) is 0 Å². The molecule has 0 spiro atoms. The van der Waals surface area contributed by atoms with Gasteiger partial charge in [0.25, 0.3) is 0 Å². The van der Waals surface area contributed by atoms with Crippen molar-refractivity contribution in [3.8, 4) is 5.75 Å². The van der Waals surface area contributed by atoms with Crippen molar-refractivity contribution in [2.45, 2.75) is 18.6 Å². The number of hydrogen-bond acceptors (Lipinski definition) is 6. The number of rotatable bonds is 6. The number of aromatic nitrogens is 2. The average molecular weight is 332 g/mol. The lowest BCUT2D eigenvalue weighted by molar-refractivity contribution is -0.127.